The van der Waals surface area contributed by atoms with Crippen molar-refractivity contribution in [2.75, 3.05) is 6.54 Å². The fourth-order valence-corrected chi connectivity index (χ4v) is 5.52. The van der Waals surface area contributed by atoms with Gasteiger partial charge in [0.2, 0.25) is 17.7 Å². The van der Waals surface area contributed by atoms with Gasteiger partial charge in [-0.1, -0.05) is 51.5 Å². The van der Waals surface area contributed by atoms with Crippen LogP contribution in [0.2, 0.25) is 0 Å². The Kier molecular flexibility index (Phi) is 7.80. The normalized spacial score (nSPS) is 21.1. The number of β-amino-alcohol motifs (C(OH)–C–C–N with tert-alkyl or cyclic N) is 1. The number of aromatic nitrogens is 1. The molecule has 1 aromatic heterocycles. The third-order valence-corrected chi connectivity index (χ3v) is 8.15. The number of likely N-dealkylation sites (tertiary alicyclic amines) is 1. The molecule has 1 aromatic carbocycles. The number of hydrogen-bond acceptors (Lipinski definition) is 6. The molecule has 0 spiro atoms. The van der Waals surface area contributed by atoms with Crippen LogP contribution in [0.1, 0.15) is 57.7 Å². The molecule has 1 aliphatic heterocycles. The summed E-state index contributed by atoms with van der Waals surface area (Å²) in [5.41, 5.74) is 4.29. The minimum Gasteiger partial charge on any atom is -0.391 e. The summed E-state index contributed by atoms with van der Waals surface area (Å²) in [6.07, 6.45) is 2.11. The first-order valence-corrected chi connectivity index (χ1v) is 13.5. The maximum Gasteiger partial charge on any atom is 0.246 e. The molecule has 0 unspecified atom stereocenters. The molecule has 36 heavy (non-hydrogen) atoms. The number of benzene rings is 1. The van der Waals surface area contributed by atoms with Crippen molar-refractivity contribution in [1.29, 1.82) is 0 Å². The molecule has 1 aliphatic carbocycles. The van der Waals surface area contributed by atoms with Crippen LogP contribution in [-0.2, 0) is 20.9 Å². The van der Waals surface area contributed by atoms with E-state index in [1.807, 2.05) is 57.5 Å². The molecule has 2 aromatic rings. The Labute approximate surface area is 216 Å². The first-order valence-electron chi connectivity index (χ1n) is 12.6. The van der Waals surface area contributed by atoms with Gasteiger partial charge in [0.1, 0.15) is 12.1 Å². The zero-order chi connectivity index (χ0) is 26.0. The molecule has 9 heteroatoms. The highest BCUT2D eigenvalue weighted by Gasteiger charge is 2.45. The number of nitrogens with zero attached hydrogens (tertiary/aromatic N) is 2. The van der Waals surface area contributed by atoms with E-state index in [0.717, 1.165) is 41.0 Å². The minimum atomic E-state index is -0.783. The average Bonchev–Trinajstić information content (AvgIpc) is 3.39. The number of amides is 3. The van der Waals surface area contributed by atoms with Crippen LogP contribution in [0.3, 0.4) is 0 Å². The Balaban J connectivity index is 1.41. The van der Waals surface area contributed by atoms with E-state index in [9.17, 15) is 19.5 Å². The number of thiazole rings is 1. The van der Waals surface area contributed by atoms with Crippen LogP contribution in [0.15, 0.2) is 29.8 Å². The van der Waals surface area contributed by atoms with Crippen molar-refractivity contribution in [2.24, 2.45) is 11.3 Å². The standard InChI is InChI=1S/C27H36N4O4S/c1-16-22(36-15-29-16)18-10-8-17(9-11-18)13-28-25(34)21-12-20(32)14-31(21)26(35)23(27(2,3)4)30-24(33)19-6-5-7-19/h8-11,15,19-21,23,32H,5-7,12-14H2,1-4H3,(H,28,34)(H,30,33)/t20-,21+,23-/m1/s1. The van der Waals surface area contributed by atoms with Gasteiger partial charge in [-0.25, -0.2) is 4.98 Å². The highest BCUT2D eigenvalue weighted by Crippen LogP contribution is 2.30. The van der Waals surface area contributed by atoms with Crippen LogP contribution in [-0.4, -0.2) is 57.4 Å². The Morgan fingerprint density at radius 1 is 1.17 bits per heavy atom. The van der Waals surface area contributed by atoms with Crippen molar-refractivity contribution in [1.82, 2.24) is 20.5 Å². The Morgan fingerprint density at radius 3 is 2.42 bits per heavy atom. The summed E-state index contributed by atoms with van der Waals surface area (Å²) in [5.74, 6) is -0.777. The molecule has 2 aliphatic rings. The fraction of sp³-hybridized carbons (Fsp3) is 0.556. The number of carbonyl (C=O) groups is 3. The Hall–Kier alpha value is -2.78. The molecule has 3 atom stereocenters. The SMILES string of the molecule is Cc1ncsc1-c1ccc(CNC(=O)[C@@H]2C[C@@H](O)CN2C(=O)[C@@H](NC(=O)C2CCC2)C(C)(C)C)cc1. The molecule has 4 rings (SSSR count). The van der Waals surface area contributed by atoms with Gasteiger partial charge in [0.15, 0.2) is 0 Å². The van der Waals surface area contributed by atoms with Crippen molar-refractivity contribution in [3.8, 4) is 10.4 Å². The van der Waals surface area contributed by atoms with Gasteiger partial charge in [-0.2, -0.15) is 0 Å². The lowest BCUT2D eigenvalue weighted by Gasteiger charge is -2.37. The molecule has 194 valence electrons. The molecule has 2 heterocycles. The minimum absolute atomic E-state index is 0.0442. The third-order valence-electron chi connectivity index (χ3n) is 7.17. The number of hydrogen-bond donors (Lipinski definition) is 3. The lowest BCUT2D eigenvalue weighted by atomic mass is 9.82. The van der Waals surface area contributed by atoms with E-state index < -0.39 is 23.6 Å². The maximum absolute atomic E-state index is 13.6. The van der Waals surface area contributed by atoms with Crippen LogP contribution >= 0.6 is 11.3 Å². The summed E-state index contributed by atoms with van der Waals surface area (Å²) in [5, 5.41) is 16.2. The predicted octanol–water partition coefficient (Wildman–Crippen LogP) is 3.03. The number of carbonyl (C=O) groups excluding carboxylic acids is 3. The lowest BCUT2D eigenvalue weighted by Crippen LogP contribution is -2.58. The summed E-state index contributed by atoms with van der Waals surface area (Å²) in [7, 11) is 0. The lowest BCUT2D eigenvalue weighted by molar-refractivity contribution is -0.145. The van der Waals surface area contributed by atoms with E-state index in [2.05, 4.69) is 15.6 Å². The van der Waals surface area contributed by atoms with Crippen LogP contribution in [0.4, 0.5) is 0 Å². The monoisotopic (exact) mass is 512 g/mol. The molecule has 3 amide bonds. The van der Waals surface area contributed by atoms with Crippen molar-refractivity contribution in [3.05, 3.63) is 41.0 Å². The Morgan fingerprint density at radius 2 is 1.86 bits per heavy atom. The summed E-state index contributed by atoms with van der Waals surface area (Å²) < 4.78 is 0. The maximum atomic E-state index is 13.6. The van der Waals surface area contributed by atoms with Gasteiger partial charge in [0.25, 0.3) is 0 Å². The molecule has 1 saturated heterocycles. The topological polar surface area (TPSA) is 112 Å². The molecule has 2 fully saturated rings. The van der Waals surface area contributed by atoms with E-state index in [0.29, 0.717) is 6.54 Å². The second-order valence-electron chi connectivity index (χ2n) is 11.0. The zero-order valence-electron chi connectivity index (χ0n) is 21.4. The molecule has 3 N–H and O–H groups in total. The highest BCUT2D eigenvalue weighted by atomic mass is 32.1. The zero-order valence-corrected chi connectivity index (χ0v) is 22.2. The van der Waals surface area contributed by atoms with Crippen molar-refractivity contribution < 1.29 is 19.5 Å². The van der Waals surface area contributed by atoms with Gasteiger partial charge < -0.3 is 20.6 Å². The van der Waals surface area contributed by atoms with E-state index in [1.165, 1.54) is 4.90 Å². The quantitative estimate of drug-likeness (QED) is 0.528. The smallest absolute Gasteiger partial charge is 0.246 e. The van der Waals surface area contributed by atoms with Gasteiger partial charge in [-0.15, -0.1) is 11.3 Å². The highest BCUT2D eigenvalue weighted by molar-refractivity contribution is 7.13. The van der Waals surface area contributed by atoms with Crippen molar-refractivity contribution >= 4 is 29.1 Å². The number of aliphatic hydroxyl groups is 1. The molecular formula is C27H36N4O4S. The largest absolute Gasteiger partial charge is 0.391 e. The molecule has 1 saturated carbocycles. The Bertz CT molecular complexity index is 1100. The summed E-state index contributed by atoms with van der Waals surface area (Å²) in [6, 6.07) is 6.40. The third kappa shape index (κ3) is 5.78. The van der Waals surface area contributed by atoms with Crippen molar-refractivity contribution in [2.45, 2.75) is 78.1 Å². The van der Waals surface area contributed by atoms with Crippen LogP contribution in [0.25, 0.3) is 10.4 Å². The first-order chi connectivity index (χ1) is 17.0. The van der Waals surface area contributed by atoms with E-state index in [4.69, 9.17) is 0 Å². The van der Waals surface area contributed by atoms with Gasteiger partial charge in [0, 0.05) is 25.4 Å². The average molecular weight is 513 g/mol. The fourth-order valence-electron chi connectivity index (χ4n) is 4.71. The van der Waals surface area contributed by atoms with Gasteiger partial charge >= 0.3 is 0 Å². The second kappa shape index (κ2) is 10.7. The number of aliphatic hydroxyl groups excluding tert-OH is 1. The van der Waals surface area contributed by atoms with Gasteiger partial charge in [0.05, 0.1) is 22.2 Å². The van der Waals surface area contributed by atoms with Crippen LogP contribution < -0.4 is 10.6 Å². The molecular weight excluding hydrogens is 476 g/mol. The predicted molar refractivity (Wildman–Crippen MR) is 139 cm³/mol. The summed E-state index contributed by atoms with van der Waals surface area (Å²) in [4.78, 5) is 46.2. The van der Waals surface area contributed by atoms with Gasteiger partial charge in [-0.3, -0.25) is 14.4 Å². The number of rotatable bonds is 7. The van der Waals surface area contributed by atoms with Gasteiger partial charge in [-0.05, 0) is 36.3 Å². The second-order valence-corrected chi connectivity index (χ2v) is 11.9. The van der Waals surface area contributed by atoms with Crippen LogP contribution in [0.5, 0.6) is 0 Å². The molecule has 8 nitrogen and oxygen atoms in total. The van der Waals surface area contributed by atoms with E-state index in [1.54, 1.807) is 11.3 Å². The van der Waals surface area contributed by atoms with Crippen molar-refractivity contribution in [3.63, 3.8) is 0 Å². The van der Waals surface area contributed by atoms with Crippen LogP contribution in [0, 0.1) is 18.3 Å². The molecule has 0 radical (unpaired) electrons. The number of aryl methyl sites for hydroxylation is 1. The summed E-state index contributed by atoms with van der Waals surface area (Å²) >= 11 is 1.59. The summed E-state index contributed by atoms with van der Waals surface area (Å²) in [6.45, 7) is 8.06. The number of nitrogens with one attached hydrogen (secondary N) is 2. The molecule has 0 bridgehead atoms. The van der Waals surface area contributed by atoms with E-state index in [-0.39, 0.29) is 36.6 Å². The first kappa shape index (κ1) is 26.3. The van der Waals surface area contributed by atoms with E-state index >= 15 is 0 Å².